The van der Waals surface area contributed by atoms with Gasteiger partial charge in [0.25, 0.3) is 5.56 Å². The summed E-state index contributed by atoms with van der Waals surface area (Å²) in [6.45, 7) is 8.56. The first-order chi connectivity index (χ1) is 10.4. The van der Waals surface area contributed by atoms with E-state index in [1.165, 1.54) is 10.9 Å². The van der Waals surface area contributed by atoms with Crippen molar-refractivity contribution in [2.45, 2.75) is 20.4 Å². The molecule has 1 amide bonds. The van der Waals surface area contributed by atoms with E-state index in [0.29, 0.717) is 29.0 Å². The van der Waals surface area contributed by atoms with Gasteiger partial charge < -0.3 is 4.90 Å². The fourth-order valence-corrected chi connectivity index (χ4v) is 2.36. The smallest absolute Gasteiger partial charge is 0.261 e. The standard InChI is InChI=1S/C16H18ClN3O2/c1-4-19(8-11(2)3)15(21)9-20-10-18-14-6-5-12(17)7-13(14)16(20)22/h5-7,10H,2,4,8-9H2,1,3H3. The summed E-state index contributed by atoms with van der Waals surface area (Å²) in [6.07, 6.45) is 1.39. The van der Waals surface area contributed by atoms with Gasteiger partial charge in [0.15, 0.2) is 0 Å². The summed E-state index contributed by atoms with van der Waals surface area (Å²) in [5.74, 6) is -0.143. The summed E-state index contributed by atoms with van der Waals surface area (Å²) >= 11 is 5.92. The lowest BCUT2D eigenvalue weighted by molar-refractivity contribution is -0.131. The summed E-state index contributed by atoms with van der Waals surface area (Å²) in [4.78, 5) is 30.6. The molecule has 0 spiro atoms. The van der Waals surface area contributed by atoms with Crippen LogP contribution in [0.4, 0.5) is 0 Å². The average molecular weight is 320 g/mol. The Bertz CT molecular complexity index is 783. The summed E-state index contributed by atoms with van der Waals surface area (Å²) < 4.78 is 1.31. The van der Waals surface area contributed by atoms with Gasteiger partial charge in [-0.3, -0.25) is 14.2 Å². The molecule has 6 heteroatoms. The van der Waals surface area contributed by atoms with E-state index in [2.05, 4.69) is 11.6 Å². The molecule has 0 aliphatic rings. The maximum atomic E-state index is 12.4. The molecule has 0 bridgehead atoms. The number of nitrogens with zero attached hydrogens (tertiary/aromatic N) is 3. The topological polar surface area (TPSA) is 55.2 Å². The van der Waals surface area contributed by atoms with Gasteiger partial charge in [0.2, 0.25) is 5.91 Å². The van der Waals surface area contributed by atoms with Crippen LogP contribution in [-0.2, 0) is 11.3 Å². The van der Waals surface area contributed by atoms with E-state index in [-0.39, 0.29) is 18.0 Å². The lowest BCUT2D eigenvalue weighted by Gasteiger charge is -2.21. The van der Waals surface area contributed by atoms with Crippen LogP contribution in [0.15, 0.2) is 41.5 Å². The highest BCUT2D eigenvalue weighted by molar-refractivity contribution is 6.31. The Morgan fingerprint density at radius 2 is 2.18 bits per heavy atom. The van der Waals surface area contributed by atoms with Crippen LogP contribution in [0.25, 0.3) is 10.9 Å². The Kier molecular flexibility index (Phi) is 4.98. The monoisotopic (exact) mass is 319 g/mol. The maximum absolute atomic E-state index is 12.4. The van der Waals surface area contributed by atoms with Crippen LogP contribution in [-0.4, -0.2) is 33.4 Å². The minimum absolute atomic E-state index is 0.0462. The second kappa shape index (κ2) is 6.75. The third-order valence-corrected chi connectivity index (χ3v) is 3.52. The van der Waals surface area contributed by atoms with Gasteiger partial charge in [-0.2, -0.15) is 0 Å². The molecule has 0 saturated carbocycles. The molecule has 0 atom stereocenters. The summed E-state index contributed by atoms with van der Waals surface area (Å²) in [7, 11) is 0. The zero-order valence-electron chi connectivity index (χ0n) is 12.7. The Hall–Kier alpha value is -2.14. The second-order valence-corrected chi connectivity index (χ2v) is 5.64. The number of hydrogen-bond acceptors (Lipinski definition) is 3. The van der Waals surface area contributed by atoms with Crippen molar-refractivity contribution in [2.24, 2.45) is 0 Å². The fourth-order valence-electron chi connectivity index (χ4n) is 2.19. The van der Waals surface area contributed by atoms with Gasteiger partial charge in [0, 0.05) is 18.1 Å². The van der Waals surface area contributed by atoms with E-state index in [0.717, 1.165) is 5.57 Å². The lowest BCUT2D eigenvalue weighted by atomic mass is 10.2. The van der Waals surface area contributed by atoms with Gasteiger partial charge in [-0.15, -0.1) is 0 Å². The van der Waals surface area contributed by atoms with Crippen LogP contribution >= 0.6 is 11.6 Å². The van der Waals surface area contributed by atoms with Crippen LogP contribution in [0, 0.1) is 0 Å². The Balaban J connectivity index is 2.31. The van der Waals surface area contributed by atoms with E-state index < -0.39 is 0 Å². The van der Waals surface area contributed by atoms with Crippen LogP contribution in [0.1, 0.15) is 13.8 Å². The number of benzene rings is 1. The average Bonchev–Trinajstić information content (AvgIpc) is 2.47. The summed E-state index contributed by atoms with van der Waals surface area (Å²) in [6, 6.07) is 4.93. The number of aromatic nitrogens is 2. The lowest BCUT2D eigenvalue weighted by Crippen LogP contribution is -2.37. The molecule has 2 rings (SSSR count). The van der Waals surface area contributed by atoms with E-state index in [1.54, 1.807) is 23.1 Å². The number of hydrogen-bond donors (Lipinski definition) is 0. The highest BCUT2D eigenvalue weighted by atomic mass is 35.5. The van der Waals surface area contributed by atoms with Gasteiger partial charge in [0.05, 0.1) is 17.2 Å². The molecule has 1 aromatic carbocycles. The van der Waals surface area contributed by atoms with E-state index >= 15 is 0 Å². The zero-order chi connectivity index (χ0) is 16.3. The van der Waals surface area contributed by atoms with Crippen LogP contribution in [0.2, 0.25) is 5.02 Å². The molecule has 0 saturated heterocycles. The van der Waals surface area contributed by atoms with Gasteiger partial charge in [-0.25, -0.2) is 4.98 Å². The van der Waals surface area contributed by atoms with Crippen molar-refractivity contribution in [3.63, 3.8) is 0 Å². The van der Waals surface area contributed by atoms with Gasteiger partial charge in [0.1, 0.15) is 6.54 Å². The van der Waals surface area contributed by atoms with Gasteiger partial charge >= 0.3 is 0 Å². The first kappa shape index (κ1) is 16.2. The number of likely N-dealkylation sites (N-methyl/N-ethyl adjacent to an activating group) is 1. The third kappa shape index (κ3) is 3.54. The minimum Gasteiger partial charge on any atom is -0.337 e. The van der Waals surface area contributed by atoms with Crippen molar-refractivity contribution in [3.05, 3.63) is 52.1 Å². The number of carbonyl (C=O) groups is 1. The first-order valence-corrected chi connectivity index (χ1v) is 7.37. The predicted octanol–water partition coefficient (Wildman–Crippen LogP) is 2.47. The number of carbonyl (C=O) groups excluding carboxylic acids is 1. The van der Waals surface area contributed by atoms with E-state index in [9.17, 15) is 9.59 Å². The van der Waals surface area contributed by atoms with Crippen molar-refractivity contribution in [1.82, 2.24) is 14.5 Å². The predicted molar refractivity (Wildman–Crippen MR) is 88.1 cm³/mol. The van der Waals surface area contributed by atoms with Crippen molar-refractivity contribution in [2.75, 3.05) is 13.1 Å². The maximum Gasteiger partial charge on any atom is 0.261 e. The molecule has 0 aliphatic heterocycles. The molecule has 0 unspecified atom stereocenters. The number of amides is 1. The normalized spacial score (nSPS) is 10.7. The summed E-state index contributed by atoms with van der Waals surface area (Å²) in [5, 5.41) is 0.874. The second-order valence-electron chi connectivity index (χ2n) is 5.20. The van der Waals surface area contributed by atoms with E-state index in [4.69, 9.17) is 11.6 Å². The van der Waals surface area contributed by atoms with Crippen molar-refractivity contribution < 1.29 is 4.79 Å². The van der Waals surface area contributed by atoms with Crippen molar-refractivity contribution >= 4 is 28.4 Å². The molecule has 0 aliphatic carbocycles. The number of halogens is 1. The minimum atomic E-state index is -0.271. The summed E-state index contributed by atoms with van der Waals surface area (Å²) in [5.41, 5.74) is 1.19. The molecular formula is C16H18ClN3O2. The van der Waals surface area contributed by atoms with E-state index in [1.807, 2.05) is 13.8 Å². The highest BCUT2D eigenvalue weighted by Crippen LogP contribution is 2.14. The Morgan fingerprint density at radius 3 is 2.82 bits per heavy atom. The van der Waals surface area contributed by atoms with Crippen LogP contribution in [0.5, 0.6) is 0 Å². The van der Waals surface area contributed by atoms with Crippen LogP contribution in [0.3, 0.4) is 0 Å². The SMILES string of the molecule is C=C(C)CN(CC)C(=O)Cn1cnc2ccc(Cl)cc2c1=O. The molecule has 0 fully saturated rings. The number of fused-ring (bicyclic) bond motifs is 1. The van der Waals surface area contributed by atoms with Crippen molar-refractivity contribution in [1.29, 1.82) is 0 Å². The fraction of sp³-hybridized carbons (Fsp3) is 0.312. The van der Waals surface area contributed by atoms with Crippen molar-refractivity contribution in [3.8, 4) is 0 Å². The molecule has 5 nitrogen and oxygen atoms in total. The molecule has 0 N–H and O–H groups in total. The molecule has 0 radical (unpaired) electrons. The van der Waals surface area contributed by atoms with Gasteiger partial charge in [-0.05, 0) is 32.0 Å². The molecule has 22 heavy (non-hydrogen) atoms. The first-order valence-electron chi connectivity index (χ1n) is 6.99. The third-order valence-electron chi connectivity index (χ3n) is 3.29. The Morgan fingerprint density at radius 1 is 1.45 bits per heavy atom. The van der Waals surface area contributed by atoms with Crippen LogP contribution < -0.4 is 5.56 Å². The largest absolute Gasteiger partial charge is 0.337 e. The Labute approximate surface area is 133 Å². The quantitative estimate of drug-likeness (QED) is 0.796. The molecule has 1 aromatic heterocycles. The molecule has 1 heterocycles. The molecule has 116 valence electrons. The van der Waals surface area contributed by atoms with Gasteiger partial charge in [-0.1, -0.05) is 23.8 Å². The highest BCUT2D eigenvalue weighted by Gasteiger charge is 2.14. The zero-order valence-corrected chi connectivity index (χ0v) is 13.4. The molecular weight excluding hydrogens is 302 g/mol. The molecule has 2 aromatic rings. The number of rotatable bonds is 5.